The third-order valence-electron chi connectivity index (χ3n) is 9.71. The first-order chi connectivity index (χ1) is 12.6. The molecule has 1 spiro atoms. The van der Waals surface area contributed by atoms with E-state index < -0.39 is 8.32 Å². The Morgan fingerprint density at radius 1 is 1.00 bits per heavy atom. The Morgan fingerprint density at radius 3 is 2.22 bits per heavy atom. The fourth-order valence-corrected chi connectivity index (χ4v) is 14.7. The Bertz CT molecular complexity index is 692. The molecule has 6 aliphatic carbocycles. The Labute approximate surface area is 168 Å². The van der Waals surface area contributed by atoms with Crippen LogP contribution < -0.4 is 0 Å². The maximum absolute atomic E-state index is 7.54. The molecule has 0 aromatic heterocycles. The summed E-state index contributed by atoms with van der Waals surface area (Å²) in [6.07, 6.45) is 11.1. The van der Waals surface area contributed by atoms with Gasteiger partial charge in [0.25, 0.3) is 0 Å². The summed E-state index contributed by atoms with van der Waals surface area (Å²) in [4.78, 5) is 0. The largest absolute Gasteiger partial charge is 0.409 e. The van der Waals surface area contributed by atoms with Gasteiger partial charge in [0.05, 0.1) is 6.10 Å². The van der Waals surface area contributed by atoms with Crippen molar-refractivity contribution in [1.29, 1.82) is 0 Å². The number of hydrogen-bond acceptors (Lipinski definition) is 1. The second-order valence-electron chi connectivity index (χ2n) is 12.2. The van der Waals surface area contributed by atoms with Gasteiger partial charge in [-0.05, 0) is 70.0 Å². The van der Waals surface area contributed by atoms with E-state index in [0.717, 1.165) is 23.7 Å². The van der Waals surface area contributed by atoms with Gasteiger partial charge in [-0.3, -0.25) is 0 Å². The highest BCUT2D eigenvalue weighted by Gasteiger charge is 2.77. The van der Waals surface area contributed by atoms with Crippen molar-refractivity contribution < 1.29 is 4.43 Å². The average molecular weight is 385 g/mol. The van der Waals surface area contributed by atoms with Crippen molar-refractivity contribution in [3.05, 3.63) is 23.8 Å². The summed E-state index contributed by atoms with van der Waals surface area (Å²) in [6.45, 7) is 19.7. The lowest BCUT2D eigenvalue weighted by atomic mass is 9.69. The van der Waals surface area contributed by atoms with E-state index in [1.165, 1.54) is 12.8 Å². The molecule has 0 aromatic carbocycles. The summed E-state index contributed by atoms with van der Waals surface area (Å²) >= 11 is 0. The van der Waals surface area contributed by atoms with Gasteiger partial charge in [0, 0.05) is 5.41 Å². The van der Waals surface area contributed by atoms with Crippen molar-refractivity contribution in [3.63, 3.8) is 0 Å². The summed E-state index contributed by atoms with van der Waals surface area (Å²) < 4.78 is 7.54. The van der Waals surface area contributed by atoms with E-state index in [9.17, 15) is 0 Å². The second kappa shape index (κ2) is 5.42. The molecule has 0 amide bonds. The van der Waals surface area contributed by atoms with Gasteiger partial charge in [-0.1, -0.05) is 73.6 Å². The van der Waals surface area contributed by atoms with Gasteiger partial charge in [0.2, 0.25) is 8.32 Å². The number of allylic oxidation sites excluding steroid dienone is 3. The fourth-order valence-electron chi connectivity index (χ4n) is 9.06. The van der Waals surface area contributed by atoms with Crippen molar-refractivity contribution in [2.24, 2.45) is 40.4 Å². The number of rotatable bonds is 5. The van der Waals surface area contributed by atoms with Crippen LogP contribution in [0.5, 0.6) is 0 Å². The van der Waals surface area contributed by atoms with Crippen molar-refractivity contribution in [2.45, 2.75) is 91.0 Å². The first-order valence-corrected chi connectivity index (χ1v) is 13.8. The molecule has 6 bridgehead atoms. The Balaban J connectivity index is 1.58. The van der Waals surface area contributed by atoms with Crippen molar-refractivity contribution in [1.82, 2.24) is 0 Å². The molecule has 150 valence electrons. The van der Waals surface area contributed by atoms with Gasteiger partial charge >= 0.3 is 0 Å². The molecule has 1 nitrogen and oxygen atoms in total. The van der Waals surface area contributed by atoms with Crippen molar-refractivity contribution in [3.8, 4) is 0 Å². The molecule has 0 heterocycles. The zero-order valence-corrected chi connectivity index (χ0v) is 19.8. The van der Waals surface area contributed by atoms with E-state index in [2.05, 4.69) is 73.6 Å². The summed E-state index contributed by atoms with van der Waals surface area (Å²) in [5.74, 6) is 4.43. The highest BCUT2D eigenvalue weighted by Crippen LogP contribution is 2.82. The van der Waals surface area contributed by atoms with Gasteiger partial charge in [-0.2, -0.15) is 0 Å². The average Bonchev–Trinajstić information content (AvgIpc) is 3.02. The lowest BCUT2D eigenvalue weighted by molar-refractivity contribution is 0.0988. The molecule has 0 radical (unpaired) electrons. The predicted octanol–water partition coefficient (Wildman–Crippen LogP) is 6.97. The molecule has 0 aliphatic heterocycles. The summed E-state index contributed by atoms with van der Waals surface area (Å²) in [5, 5.41) is 0. The van der Waals surface area contributed by atoms with Crippen LogP contribution in [0, 0.1) is 40.4 Å². The molecule has 0 aromatic rings. The van der Waals surface area contributed by atoms with Gasteiger partial charge < -0.3 is 4.43 Å². The SMILES string of the molecule is CC(C)[Si](O[C@H]1C2=C[C@@H]3C=C[C@H]4[C@H]5C[C@@H]3[C@]2(CC1(C)C)[C@@H]45)(C(C)C)C(C)C. The maximum atomic E-state index is 7.54. The minimum absolute atomic E-state index is 0.276. The summed E-state index contributed by atoms with van der Waals surface area (Å²) in [6, 6.07) is 0. The van der Waals surface area contributed by atoms with Gasteiger partial charge in [-0.15, -0.1) is 0 Å². The third-order valence-corrected chi connectivity index (χ3v) is 15.8. The van der Waals surface area contributed by atoms with Crippen molar-refractivity contribution in [2.75, 3.05) is 0 Å². The fraction of sp³-hybridized carbons (Fsp3) is 0.840. The standard InChI is InChI=1S/C25H40OSi/c1-14(2)27(15(3)4,16(5)6)26-23-21-11-17-9-10-18-19-12-20(17)25(21,22(18)19)13-24(23,7)8/h9-11,14-20,22-23H,12-13H2,1-8H3/t17-,18-,19+,20-,22-,23-,25-/m0/s1. The smallest absolute Gasteiger partial charge is 0.201 e. The van der Waals surface area contributed by atoms with Crippen LogP contribution >= 0.6 is 0 Å². The van der Waals surface area contributed by atoms with Gasteiger partial charge in [-0.25, -0.2) is 0 Å². The van der Waals surface area contributed by atoms with Crippen LogP contribution in [0.1, 0.15) is 68.2 Å². The maximum Gasteiger partial charge on any atom is 0.201 e. The molecule has 0 N–H and O–H groups in total. The minimum atomic E-state index is -1.88. The van der Waals surface area contributed by atoms with Crippen LogP contribution in [0.25, 0.3) is 0 Å². The summed E-state index contributed by atoms with van der Waals surface area (Å²) in [5.41, 5.74) is 4.52. The molecule has 3 fully saturated rings. The lowest BCUT2D eigenvalue weighted by Crippen LogP contribution is -2.52. The zero-order chi connectivity index (χ0) is 19.5. The molecule has 3 saturated carbocycles. The van der Waals surface area contributed by atoms with E-state index in [4.69, 9.17) is 4.43 Å². The quantitative estimate of drug-likeness (QED) is 0.367. The third kappa shape index (κ3) is 2.05. The van der Waals surface area contributed by atoms with E-state index in [-0.39, 0.29) is 5.41 Å². The van der Waals surface area contributed by atoms with E-state index in [0.29, 0.717) is 34.1 Å². The zero-order valence-electron chi connectivity index (χ0n) is 18.8. The molecule has 2 heteroatoms. The molecular weight excluding hydrogens is 344 g/mol. The van der Waals surface area contributed by atoms with Gasteiger partial charge in [0.1, 0.15) is 0 Å². The van der Waals surface area contributed by atoms with E-state index in [1.54, 1.807) is 5.57 Å². The Kier molecular flexibility index (Phi) is 3.75. The van der Waals surface area contributed by atoms with E-state index >= 15 is 0 Å². The summed E-state index contributed by atoms with van der Waals surface area (Å²) in [7, 11) is -1.88. The normalized spacial score (nSPS) is 45.7. The molecule has 0 saturated heterocycles. The molecular formula is C25H40OSi. The molecule has 0 unspecified atom stereocenters. The van der Waals surface area contributed by atoms with Crippen LogP contribution in [0.3, 0.4) is 0 Å². The monoisotopic (exact) mass is 384 g/mol. The first-order valence-electron chi connectivity index (χ1n) is 11.7. The van der Waals surface area contributed by atoms with Crippen molar-refractivity contribution >= 4 is 8.32 Å². The topological polar surface area (TPSA) is 9.23 Å². The van der Waals surface area contributed by atoms with E-state index in [1.807, 2.05) is 0 Å². The van der Waals surface area contributed by atoms with Crippen LogP contribution in [0.4, 0.5) is 0 Å². The molecule has 7 atom stereocenters. The Morgan fingerprint density at radius 2 is 1.63 bits per heavy atom. The van der Waals surface area contributed by atoms with Crippen LogP contribution in [0.15, 0.2) is 23.8 Å². The van der Waals surface area contributed by atoms with Crippen LogP contribution in [-0.2, 0) is 4.43 Å². The van der Waals surface area contributed by atoms with Crippen LogP contribution in [0.2, 0.25) is 16.6 Å². The first kappa shape index (κ1) is 18.7. The van der Waals surface area contributed by atoms with Crippen LogP contribution in [-0.4, -0.2) is 14.4 Å². The van der Waals surface area contributed by atoms with Gasteiger partial charge in [0.15, 0.2) is 0 Å². The molecule has 6 aliphatic rings. The highest BCUT2D eigenvalue weighted by molar-refractivity contribution is 6.77. The molecule has 27 heavy (non-hydrogen) atoms. The Hall–Kier alpha value is -0.343. The highest BCUT2D eigenvalue weighted by atomic mass is 28.4. The predicted molar refractivity (Wildman–Crippen MR) is 116 cm³/mol. The number of hydrogen-bond donors (Lipinski definition) is 0. The second-order valence-corrected chi connectivity index (χ2v) is 17.6. The molecule has 6 rings (SSSR count). The lowest BCUT2D eigenvalue weighted by Gasteiger charge is -2.47. The minimum Gasteiger partial charge on any atom is -0.409 e.